The summed E-state index contributed by atoms with van der Waals surface area (Å²) < 4.78 is 10.6. The predicted octanol–water partition coefficient (Wildman–Crippen LogP) is 2.59. The molecule has 0 radical (unpaired) electrons. The number of aromatic nitrogens is 2. The molecule has 0 saturated carbocycles. The Bertz CT molecular complexity index is 566. The van der Waals surface area contributed by atoms with Crippen LogP contribution in [-0.4, -0.2) is 23.3 Å². The summed E-state index contributed by atoms with van der Waals surface area (Å²) >= 11 is 3.44. The molecule has 17 heavy (non-hydrogen) atoms. The number of methoxy groups -OCH3 is 1. The normalized spacial score (nSPS) is 10.3. The lowest BCUT2D eigenvalue weighted by Gasteiger charge is -2.01. The van der Waals surface area contributed by atoms with E-state index in [2.05, 4.69) is 30.9 Å². The lowest BCUT2D eigenvalue weighted by atomic mass is 10.1. The third-order valence-corrected chi connectivity index (χ3v) is 3.26. The van der Waals surface area contributed by atoms with Gasteiger partial charge in [0.05, 0.1) is 12.7 Å². The topological polar surface area (TPSA) is 65.2 Å². The summed E-state index contributed by atoms with van der Waals surface area (Å²) in [5.41, 5.74) is 1.79. The van der Waals surface area contributed by atoms with Gasteiger partial charge in [0, 0.05) is 4.47 Å². The van der Waals surface area contributed by atoms with Gasteiger partial charge in [0.15, 0.2) is 0 Å². The summed E-state index contributed by atoms with van der Waals surface area (Å²) in [6.45, 7) is 1.95. The fourth-order valence-corrected chi connectivity index (χ4v) is 1.75. The van der Waals surface area contributed by atoms with E-state index < -0.39 is 5.97 Å². The number of benzene rings is 1. The van der Waals surface area contributed by atoms with Gasteiger partial charge in [0.25, 0.3) is 0 Å². The molecule has 0 spiro atoms. The quantitative estimate of drug-likeness (QED) is 0.797. The number of hydrogen-bond donors (Lipinski definition) is 0. The lowest BCUT2D eigenvalue weighted by Crippen LogP contribution is -2.00. The fourth-order valence-electron chi connectivity index (χ4n) is 1.31. The third-order valence-electron chi connectivity index (χ3n) is 2.21. The van der Waals surface area contributed by atoms with E-state index in [1.54, 1.807) is 0 Å². The van der Waals surface area contributed by atoms with E-state index in [4.69, 9.17) is 4.42 Å². The van der Waals surface area contributed by atoms with Crippen molar-refractivity contribution in [3.05, 3.63) is 34.1 Å². The van der Waals surface area contributed by atoms with Crippen LogP contribution in [-0.2, 0) is 4.74 Å². The molecule has 0 unspecified atom stereocenters. The number of nitrogens with zero attached hydrogens (tertiary/aromatic N) is 2. The zero-order valence-electron chi connectivity index (χ0n) is 9.23. The highest BCUT2D eigenvalue weighted by Crippen LogP contribution is 2.29. The molecule has 2 rings (SSSR count). The first kappa shape index (κ1) is 11.8. The zero-order valence-corrected chi connectivity index (χ0v) is 10.8. The molecule has 0 aliphatic carbocycles. The van der Waals surface area contributed by atoms with E-state index in [-0.39, 0.29) is 11.8 Å². The molecule has 0 amide bonds. The number of halogens is 1. The zero-order chi connectivity index (χ0) is 12.4. The number of aryl methyl sites for hydroxylation is 1. The van der Waals surface area contributed by atoms with Crippen molar-refractivity contribution >= 4 is 21.9 Å². The molecule has 0 fully saturated rings. The minimum atomic E-state index is -0.646. The minimum absolute atomic E-state index is 0.157. The smallest absolute Gasteiger partial charge is 0.396 e. The van der Waals surface area contributed by atoms with Gasteiger partial charge in [-0.3, -0.25) is 0 Å². The molecular formula is C11H9BrN2O3. The van der Waals surface area contributed by atoms with Crippen molar-refractivity contribution in [2.45, 2.75) is 6.92 Å². The van der Waals surface area contributed by atoms with Gasteiger partial charge >= 0.3 is 11.9 Å². The van der Waals surface area contributed by atoms with Crippen LogP contribution in [0, 0.1) is 6.92 Å². The first-order chi connectivity index (χ1) is 8.13. The predicted molar refractivity (Wildman–Crippen MR) is 63.5 cm³/mol. The molecule has 0 atom stereocenters. The van der Waals surface area contributed by atoms with Crippen LogP contribution in [0.3, 0.4) is 0 Å². The molecule has 0 bridgehead atoms. The summed E-state index contributed by atoms with van der Waals surface area (Å²) in [6.07, 6.45) is 0. The van der Waals surface area contributed by atoms with Crippen LogP contribution in [0.1, 0.15) is 16.2 Å². The first-order valence-corrected chi connectivity index (χ1v) is 5.60. The van der Waals surface area contributed by atoms with Crippen LogP contribution >= 0.6 is 15.9 Å². The Morgan fingerprint density at radius 2 is 2.18 bits per heavy atom. The van der Waals surface area contributed by atoms with Gasteiger partial charge in [-0.15, -0.1) is 10.2 Å². The molecular weight excluding hydrogens is 288 g/mol. The van der Waals surface area contributed by atoms with Gasteiger partial charge in [-0.05, 0) is 34.5 Å². The number of carbonyl (C=O) groups excluding carboxylic acids is 1. The van der Waals surface area contributed by atoms with Crippen molar-refractivity contribution in [3.63, 3.8) is 0 Å². The minimum Gasteiger partial charge on any atom is -0.462 e. The summed E-state index contributed by atoms with van der Waals surface area (Å²) in [5, 5.41) is 7.43. The molecule has 88 valence electrons. The second kappa shape index (κ2) is 4.67. The summed E-state index contributed by atoms with van der Waals surface area (Å²) in [5.74, 6) is -0.524. The molecule has 6 heteroatoms. The molecule has 1 aromatic heterocycles. The third kappa shape index (κ3) is 2.21. The molecule has 2 aromatic rings. The summed E-state index contributed by atoms with van der Waals surface area (Å²) in [6, 6.07) is 5.65. The van der Waals surface area contributed by atoms with E-state index in [1.165, 1.54) is 7.11 Å². The van der Waals surface area contributed by atoms with E-state index in [0.717, 1.165) is 15.6 Å². The van der Waals surface area contributed by atoms with Gasteiger partial charge in [0.2, 0.25) is 5.89 Å². The van der Waals surface area contributed by atoms with E-state index >= 15 is 0 Å². The Labute approximate surface area is 106 Å². The van der Waals surface area contributed by atoms with Gasteiger partial charge in [-0.1, -0.05) is 12.1 Å². The van der Waals surface area contributed by atoms with Crippen LogP contribution in [0.2, 0.25) is 0 Å². The molecule has 1 heterocycles. The van der Waals surface area contributed by atoms with Crippen molar-refractivity contribution in [1.82, 2.24) is 10.2 Å². The Kier molecular flexibility index (Phi) is 3.23. The molecule has 1 aromatic carbocycles. The maximum absolute atomic E-state index is 11.2. The van der Waals surface area contributed by atoms with Crippen molar-refractivity contribution in [1.29, 1.82) is 0 Å². The van der Waals surface area contributed by atoms with Gasteiger partial charge < -0.3 is 9.15 Å². The summed E-state index contributed by atoms with van der Waals surface area (Å²) in [4.78, 5) is 11.2. The second-order valence-corrected chi connectivity index (χ2v) is 4.13. The Morgan fingerprint density at radius 3 is 2.88 bits per heavy atom. The maximum atomic E-state index is 11.2. The largest absolute Gasteiger partial charge is 0.462 e. The van der Waals surface area contributed by atoms with Crippen LogP contribution < -0.4 is 0 Å². The molecule has 0 aliphatic rings. The van der Waals surface area contributed by atoms with Gasteiger partial charge in [-0.25, -0.2) is 4.79 Å². The molecule has 0 N–H and O–H groups in total. The van der Waals surface area contributed by atoms with Crippen LogP contribution in [0.5, 0.6) is 0 Å². The van der Waals surface area contributed by atoms with E-state index in [9.17, 15) is 4.79 Å². The monoisotopic (exact) mass is 296 g/mol. The molecule has 0 saturated heterocycles. The van der Waals surface area contributed by atoms with Crippen LogP contribution in [0.25, 0.3) is 11.5 Å². The van der Waals surface area contributed by atoms with Gasteiger partial charge in [0.1, 0.15) is 0 Å². The highest BCUT2D eigenvalue weighted by Gasteiger charge is 2.17. The van der Waals surface area contributed by atoms with Crippen LogP contribution in [0.15, 0.2) is 27.1 Å². The average Bonchev–Trinajstić information content (AvgIpc) is 2.81. The second-order valence-electron chi connectivity index (χ2n) is 3.34. The van der Waals surface area contributed by atoms with Crippen LogP contribution in [0.4, 0.5) is 0 Å². The van der Waals surface area contributed by atoms with Gasteiger partial charge in [-0.2, -0.15) is 0 Å². The van der Waals surface area contributed by atoms with Crippen molar-refractivity contribution in [3.8, 4) is 11.5 Å². The standard InChI is InChI=1S/C11H9BrN2O3/c1-6-4-3-5-7(8(6)12)9-13-14-10(17-9)11(15)16-2/h3-5H,1-2H3. The SMILES string of the molecule is COC(=O)c1nnc(-c2cccc(C)c2Br)o1. The van der Waals surface area contributed by atoms with Crippen molar-refractivity contribution < 1.29 is 13.9 Å². The number of hydrogen-bond acceptors (Lipinski definition) is 5. The van der Waals surface area contributed by atoms with E-state index in [1.807, 2.05) is 25.1 Å². The van der Waals surface area contributed by atoms with Crippen molar-refractivity contribution in [2.75, 3.05) is 7.11 Å². The number of ether oxygens (including phenoxy) is 1. The first-order valence-electron chi connectivity index (χ1n) is 4.80. The fraction of sp³-hybridized carbons (Fsp3) is 0.182. The van der Waals surface area contributed by atoms with Crippen molar-refractivity contribution in [2.24, 2.45) is 0 Å². The molecule has 0 aliphatic heterocycles. The Hall–Kier alpha value is -1.69. The summed E-state index contributed by atoms with van der Waals surface area (Å²) in [7, 11) is 1.26. The maximum Gasteiger partial charge on any atom is 0.396 e. The van der Waals surface area contributed by atoms with E-state index in [0.29, 0.717) is 0 Å². The Morgan fingerprint density at radius 1 is 1.41 bits per heavy atom. The highest BCUT2D eigenvalue weighted by atomic mass is 79.9. The molecule has 5 nitrogen and oxygen atoms in total. The number of esters is 1. The lowest BCUT2D eigenvalue weighted by molar-refractivity contribution is 0.0556. The number of carbonyl (C=O) groups is 1. The number of rotatable bonds is 2. The highest BCUT2D eigenvalue weighted by molar-refractivity contribution is 9.10. The Balaban J connectivity index is 2.44. The average molecular weight is 297 g/mol.